The number of hydrogen-bond donors (Lipinski definition) is 5. The summed E-state index contributed by atoms with van der Waals surface area (Å²) in [6.07, 6.45) is 0.152. The Morgan fingerprint density at radius 2 is 1.91 bits per heavy atom. The molecule has 1 aliphatic heterocycles. The summed E-state index contributed by atoms with van der Waals surface area (Å²) < 4.78 is 42.4. The van der Waals surface area contributed by atoms with E-state index in [9.17, 15) is 28.3 Å². The largest absolute Gasteiger partial charge is 0.462 e. The number of aliphatic hydroxyl groups is 1. The summed E-state index contributed by atoms with van der Waals surface area (Å²) in [4.78, 5) is 45.3. The van der Waals surface area contributed by atoms with E-state index in [-0.39, 0.29) is 42.8 Å². The lowest BCUT2D eigenvalue weighted by molar-refractivity contribution is -0.149. The van der Waals surface area contributed by atoms with Gasteiger partial charge in [-0.25, -0.2) is 18.9 Å². The van der Waals surface area contributed by atoms with Gasteiger partial charge in [0.2, 0.25) is 12.9 Å². The predicted octanol–water partition coefficient (Wildman–Crippen LogP) is 2.26. The van der Waals surface area contributed by atoms with Crippen molar-refractivity contribution in [1.29, 1.82) is 0 Å². The second kappa shape index (κ2) is 21.9. The molecule has 5 atom stereocenters. The molecule has 15 nitrogen and oxygen atoms in total. The molecule has 1 saturated heterocycles. The molecule has 0 amide bonds. The molecule has 3 heterocycles. The van der Waals surface area contributed by atoms with Crippen LogP contribution in [-0.2, 0) is 28.3 Å². The number of nitrogen functional groups attached to an aromatic ring is 1. The lowest BCUT2D eigenvalue weighted by atomic mass is 10.2. The first-order valence-electron chi connectivity index (χ1n) is 13.7. The number of nitrogens with one attached hydrogen (secondary N) is 3. The monoisotopic (exact) mass is 641 g/mol. The molecule has 1 fully saturated rings. The highest BCUT2D eigenvalue weighted by Gasteiger charge is 2.37. The molecule has 0 aromatic carbocycles. The van der Waals surface area contributed by atoms with Gasteiger partial charge < -0.3 is 34.4 Å². The summed E-state index contributed by atoms with van der Waals surface area (Å²) >= 11 is 0. The van der Waals surface area contributed by atoms with E-state index in [1.807, 2.05) is 27.7 Å². The number of imidazole rings is 1. The SMILES string of the molecule is CC.CC(C)OC(=O)C(C)NP(NCC=O)OCC1OC(n2cnc3c(=O)[nH]c(N)nc32)CC1O.COC(C)C.FCF. The number of methoxy groups -OCH3 is 1. The number of halogens is 2. The Bertz CT molecular complexity index is 1120. The van der Waals surface area contributed by atoms with E-state index < -0.39 is 51.4 Å². The molecule has 5 unspecified atom stereocenters. The van der Waals surface area contributed by atoms with Crippen LogP contribution in [0, 0.1) is 0 Å². The average Bonchev–Trinajstić information content (AvgIpc) is 3.54. The number of nitrogens with two attached hydrogens (primary N) is 1. The number of rotatable bonds is 12. The van der Waals surface area contributed by atoms with Crippen molar-refractivity contribution < 1.29 is 42.2 Å². The fourth-order valence-electron chi connectivity index (χ4n) is 3.15. The first-order valence-corrected chi connectivity index (χ1v) is 14.9. The van der Waals surface area contributed by atoms with Crippen molar-refractivity contribution in [2.75, 3.05) is 32.9 Å². The zero-order chi connectivity index (χ0) is 33.1. The molecule has 0 radical (unpaired) electrons. The fraction of sp³-hybridized carbons (Fsp3) is 0.720. The first kappa shape index (κ1) is 40.3. The van der Waals surface area contributed by atoms with Crippen molar-refractivity contribution >= 4 is 37.8 Å². The number of esters is 1. The first-order chi connectivity index (χ1) is 20.4. The van der Waals surface area contributed by atoms with Gasteiger partial charge in [0.1, 0.15) is 24.7 Å². The molecule has 0 saturated carbocycles. The summed E-state index contributed by atoms with van der Waals surface area (Å²) in [6.45, 7) is 11.3. The summed E-state index contributed by atoms with van der Waals surface area (Å²) in [5.74, 6) is -0.518. The molecular formula is C25H46F2N7O8P. The minimum absolute atomic E-state index is 0.00399. The Balaban J connectivity index is 0.00000155. The van der Waals surface area contributed by atoms with E-state index in [4.69, 9.17) is 24.5 Å². The molecule has 0 spiro atoms. The Hall–Kier alpha value is -2.66. The van der Waals surface area contributed by atoms with E-state index >= 15 is 0 Å². The van der Waals surface area contributed by atoms with Gasteiger partial charge in [0, 0.05) is 13.5 Å². The van der Waals surface area contributed by atoms with Crippen LogP contribution < -0.4 is 21.5 Å². The number of nitrogens with zero attached hydrogens (tertiary/aromatic N) is 3. The van der Waals surface area contributed by atoms with Crippen LogP contribution >= 0.6 is 8.45 Å². The maximum absolute atomic E-state index is 12.1. The third kappa shape index (κ3) is 14.6. The van der Waals surface area contributed by atoms with Gasteiger partial charge in [-0.2, -0.15) is 4.98 Å². The Labute approximate surface area is 251 Å². The van der Waals surface area contributed by atoms with Crippen LogP contribution in [0.15, 0.2) is 11.1 Å². The number of H-pyrrole nitrogens is 1. The highest BCUT2D eigenvalue weighted by atomic mass is 31.2. The number of ether oxygens (including phenoxy) is 3. The molecule has 0 bridgehead atoms. The highest BCUT2D eigenvalue weighted by Crippen LogP contribution is 2.34. The van der Waals surface area contributed by atoms with E-state index in [1.54, 1.807) is 27.9 Å². The second-order valence-corrected chi connectivity index (χ2v) is 10.5. The van der Waals surface area contributed by atoms with E-state index in [0.717, 1.165) is 0 Å². The third-order valence-electron chi connectivity index (χ3n) is 5.14. The van der Waals surface area contributed by atoms with Crippen molar-refractivity contribution in [2.24, 2.45) is 0 Å². The minimum atomic E-state index is -1.75. The number of aliphatic hydroxyl groups excluding tert-OH is 1. The summed E-state index contributed by atoms with van der Waals surface area (Å²) in [5, 5.41) is 16.3. The van der Waals surface area contributed by atoms with Gasteiger partial charge in [0.05, 0.1) is 37.8 Å². The van der Waals surface area contributed by atoms with Crippen molar-refractivity contribution in [3.05, 3.63) is 16.7 Å². The standard InChI is InChI=1S/C18H28N7O7P.C4H10O.C2H6.CH2F2/c1-9(2)31-17(29)10(3)24-33(21-4-5-26)30-7-12-11(27)6-13(32-12)25-8-20-14-15(25)22-18(19)23-16(14)28;1-4(2)5-3;1-2;2-1-3/h5,8-13,21,24,27H,4,6-7H2,1-3H3,(H3,19,22,23,28);4H,1-3H3;1-2H3;1H2. The van der Waals surface area contributed by atoms with E-state index in [0.29, 0.717) is 12.4 Å². The normalized spacial score (nSPS) is 19.0. The molecule has 2 aromatic heterocycles. The molecule has 1 aliphatic rings. The van der Waals surface area contributed by atoms with Gasteiger partial charge >= 0.3 is 5.97 Å². The van der Waals surface area contributed by atoms with Crippen LogP contribution in [0.1, 0.15) is 61.1 Å². The van der Waals surface area contributed by atoms with Crippen LogP contribution in [0.25, 0.3) is 11.2 Å². The third-order valence-corrected chi connectivity index (χ3v) is 6.64. The number of aldehydes is 1. The van der Waals surface area contributed by atoms with Crippen LogP contribution in [0.3, 0.4) is 0 Å². The Kier molecular flexibility index (Phi) is 20.6. The maximum Gasteiger partial charge on any atom is 0.323 e. The summed E-state index contributed by atoms with van der Waals surface area (Å²) in [7, 11) is 0.0876. The number of carbonyl (C=O) groups excluding carboxylic acids is 2. The van der Waals surface area contributed by atoms with E-state index in [2.05, 4.69) is 25.1 Å². The van der Waals surface area contributed by atoms with Crippen LogP contribution in [0.5, 0.6) is 0 Å². The maximum atomic E-state index is 12.1. The van der Waals surface area contributed by atoms with Crippen LogP contribution in [0.4, 0.5) is 14.7 Å². The number of anilines is 1. The zero-order valence-corrected chi connectivity index (χ0v) is 26.8. The quantitative estimate of drug-likeness (QED) is 0.128. The van der Waals surface area contributed by atoms with Crippen molar-refractivity contribution in [3.63, 3.8) is 0 Å². The van der Waals surface area contributed by atoms with Crippen molar-refractivity contribution in [3.8, 4) is 0 Å². The molecule has 248 valence electrons. The lowest BCUT2D eigenvalue weighted by Gasteiger charge is -2.24. The Morgan fingerprint density at radius 3 is 2.44 bits per heavy atom. The van der Waals surface area contributed by atoms with Crippen LogP contribution in [-0.4, -0.2) is 94.5 Å². The summed E-state index contributed by atoms with van der Waals surface area (Å²) in [5.41, 5.74) is 5.50. The number of aromatic amines is 1. The molecule has 2 aromatic rings. The average molecular weight is 642 g/mol. The molecule has 43 heavy (non-hydrogen) atoms. The van der Waals surface area contributed by atoms with Gasteiger partial charge in [-0.15, -0.1) is 0 Å². The topological polar surface area (TPSA) is 205 Å². The molecule has 3 rings (SSSR count). The lowest BCUT2D eigenvalue weighted by Crippen LogP contribution is -2.37. The van der Waals surface area contributed by atoms with Crippen molar-refractivity contribution in [2.45, 2.75) is 91.6 Å². The van der Waals surface area contributed by atoms with E-state index in [1.165, 1.54) is 10.9 Å². The van der Waals surface area contributed by atoms with Gasteiger partial charge in [-0.3, -0.25) is 24.2 Å². The zero-order valence-electron chi connectivity index (χ0n) is 25.9. The number of alkyl halides is 2. The second-order valence-electron chi connectivity index (χ2n) is 9.05. The minimum Gasteiger partial charge on any atom is -0.462 e. The predicted molar refractivity (Wildman–Crippen MR) is 158 cm³/mol. The van der Waals surface area contributed by atoms with Gasteiger partial charge in [-0.1, -0.05) is 13.8 Å². The van der Waals surface area contributed by atoms with Gasteiger partial charge in [0.25, 0.3) is 5.56 Å². The smallest absolute Gasteiger partial charge is 0.323 e. The number of aromatic nitrogens is 4. The molecule has 6 N–H and O–H groups in total. The molecule has 0 aliphatic carbocycles. The molecule has 18 heteroatoms. The molecular weight excluding hydrogens is 595 g/mol. The highest BCUT2D eigenvalue weighted by molar-refractivity contribution is 7.48. The fourth-order valence-corrected chi connectivity index (χ4v) is 4.40. The number of fused-ring (bicyclic) bond motifs is 1. The number of carbonyl (C=O) groups is 2. The Morgan fingerprint density at radius 1 is 1.30 bits per heavy atom. The van der Waals surface area contributed by atoms with Gasteiger partial charge in [0.15, 0.2) is 19.6 Å². The van der Waals surface area contributed by atoms with Gasteiger partial charge in [-0.05, 0) is 34.6 Å². The van der Waals surface area contributed by atoms with Crippen LogP contribution in [0.2, 0.25) is 0 Å². The van der Waals surface area contributed by atoms with Crippen molar-refractivity contribution in [1.82, 2.24) is 29.7 Å². The summed E-state index contributed by atoms with van der Waals surface area (Å²) in [6, 6.07) is -0.688. The number of hydrogen-bond acceptors (Lipinski definition) is 13.